The molecular weight excluding hydrogens is 373 g/mol. The van der Waals surface area contributed by atoms with Crippen LogP contribution < -0.4 is 5.73 Å². The largest absolute Gasteiger partial charge is 0.450 e. The highest BCUT2D eigenvalue weighted by molar-refractivity contribution is 5.69. The molecule has 7 nitrogen and oxygen atoms in total. The van der Waals surface area contributed by atoms with Gasteiger partial charge in [-0.3, -0.25) is 0 Å². The van der Waals surface area contributed by atoms with Crippen LogP contribution in [-0.2, 0) is 4.74 Å². The molecule has 0 unspecified atom stereocenters. The summed E-state index contributed by atoms with van der Waals surface area (Å²) < 4.78 is 19.7. The first-order chi connectivity index (χ1) is 13.9. The van der Waals surface area contributed by atoms with E-state index in [1.807, 2.05) is 18.2 Å². The van der Waals surface area contributed by atoms with E-state index < -0.39 is 29.2 Å². The second-order valence-electron chi connectivity index (χ2n) is 6.78. The van der Waals surface area contributed by atoms with Gasteiger partial charge in [-0.05, 0) is 24.1 Å². The van der Waals surface area contributed by atoms with Crippen LogP contribution in [0.2, 0.25) is 0 Å². The first-order valence-corrected chi connectivity index (χ1v) is 9.04. The SMILES string of the molecule is CCOC(=O)N1CC=C2[C@H](C1)[C@@H](c1ccccc1F)C(C#N)=C(N)C2(C#N)C#N. The number of rotatable bonds is 2. The minimum absolute atomic E-state index is 0.0361. The predicted octanol–water partition coefficient (Wildman–Crippen LogP) is 2.71. The van der Waals surface area contributed by atoms with E-state index >= 15 is 0 Å². The molecule has 2 atom stereocenters. The number of hydrogen-bond acceptors (Lipinski definition) is 6. The van der Waals surface area contributed by atoms with Crippen LogP contribution in [0.25, 0.3) is 0 Å². The second-order valence-corrected chi connectivity index (χ2v) is 6.78. The summed E-state index contributed by atoms with van der Waals surface area (Å²) >= 11 is 0. The average molecular weight is 391 g/mol. The van der Waals surface area contributed by atoms with E-state index in [4.69, 9.17) is 10.5 Å². The third-order valence-corrected chi connectivity index (χ3v) is 5.41. The van der Waals surface area contributed by atoms with Gasteiger partial charge in [0, 0.05) is 24.9 Å². The molecule has 0 fully saturated rings. The van der Waals surface area contributed by atoms with Crippen molar-refractivity contribution in [2.45, 2.75) is 12.8 Å². The molecule has 2 aliphatic rings. The number of ether oxygens (including phenoxy) is 1. The highest BCUT2D eigenvalue weighted by Gasteiger charge is 2.53. The standard InChI is InChI=1S/C21H18FN5O2/c1-2-29-20(28)27-8-7-16-15(10-27)18(13-5-3-4-6-17(13)22)14(9-23)19(26)21(16,11-24)12-25/h3-7,15,18H,2,8,10,26H2,1H3/t15-,18-/m0/s1. The van der Waals surface area contributed by atoms with Crippen LogP contribution in [0.5, 0.6) is 0 Å². The first kappa shape index (κ1) is 19.9. The molecule has 29 heavy (non-hydrogen) atoms. The van der Waals surface area contributed by atoms with E-state index in [-0.39, 0.29) is 36.5 Å². The smallest absolute Gasteiger partial charge is 0.410 e. The molecule has 8 heteroatoms. The van der Waals surface area contributed by atoms with Gasteiger partial charge in [-0.1, -0.05) is 24.3 Å². The van der Waals surface area contributed by atoms with Crippen molar-refractivity contribution in [3.63, 3.8) is 0 Å². The highest BCUT2D eigenvalue weighted by Crippen LogP contribution is 2.53. The van der Waals surface area contributed by atoms with Crippen molar-refractivity contribution in [3.05, 3.63) is 58.6 Å². The maximum atomic E-state index is 14.7. The van der Waals surface area contributed by atoms with Crippen molar-refractivity contribution in [1.29, 1.82) is 15.8 Å². The number of benzene rings is 1. The van der Waals surface area contributed by atoms with Crippen molar-refractivity contribution in [2.75, 3.05) is 19.7 Å². The molecule has 0 bridgehead atoms. The van der Waals surface area contributed by atoms with E-state index in [1.54, 1.807) is 19.1 Å². The number of carbonyl (C=O) groups excluding carboxylic acids is 1. The summed E-state index contributed by atoms with van der Waals surface area (Å²) in [5.41, 5.74) is 4.70. The van der Waals surface area contributed by atoms with Crippen LogP contribution in [0.4, 0.5) is 9.18 Å². The fraction of sp³-hybridized carbons (Fsp3) is 0.333. The number of nitrogens with zero attached hydrogens (tertiary/aromatic N) is 4. The lowest BCUT2D eigenvalue weighted by atomic mass is 9.60. The summed E-state index contributed by atoms with van der Waals surface area (Å²) in [6.07, 6.45) is 1.03. The second kappa shape index (κ2) is 7.66. The molecule has 0 aromatic heterocycles. The van der Waals surface area contributed by atoms with Gasteiger partial charge < -0.3 is 15.4 Å². The van der Waals surface area contributed by atoms with Crippen molar-refractivity contribution >= 4 is 6.09 Å². The zero-order valence-corrected chi connectivity index (χ0v) is 15.7. The quantitative estimate of drug-likeness (QED) is 0.772. The third kappa shape index (κ3) is 2.98. The molecule has 1 heterocycles. The number of nitrogens with two attached hydrogens (primary N) is 1. The van der Waals surface area contributed by atoms with Crippen molar-refractivity contribution in [1.82, 2.24) is 4.90 Å². The molecule has 1 aromatic rings. The average Bonchev–Trinajstić information content (AvgIpc) is 2.74. The summed E-state index contributed by atoms with van der Waals surface area (Å²) in [6.45, 7) is 2.05. The lowest BCUT2D eigenvalue weighted by Gasteiger charge is -2.44. The Morgan fingerprint density at radius 3 is 2.62 bits per heavy atom. The van der Waals surface area contributed by atoms with E-state index in [1.165, 1.54) is 23.1 Å². The molecule has 1 amide bonds. The van der Waals surface area contributed by atoms with Crippen molar-refractivity contribution in [3.8, 4) is 18.2 Å². The fourth-order valence-electron chi connectivity index (χ4n) is 4.08. The van der Waals surface area contributed by atoms with Crippen LogP contribution in [0.1, 0.15) is 18.4 Å². The molecule has 146 valence electrons. The minimum atomic E-state index is -1.84. The number of hydrogen-bond donors (Lipinski definition) is 1. The van der Waals surface area contributed by atoms with E-state index in [9.17, 15) is 25.0 Å². The van der Waals surface area contributed by atoms with Crippen LogP contribution in [0.15, 0.2) is 47.2 Å². The maximum Gasteiger partial charge on any atom is 0.410 e. The summed E-state index contributed by atoms with van der Waals surface area (Å²) in [7, 11) is 0. The monoisotopic (exact) mass is 391 g/mol. The van der Waals surface area contributed by atoms with Gasteiger partial charge >= 0.3 is 6.09 Å². The van der Waals surface area contributed by atoms with Crippen LogP contribution >= 0.6 is 0 Å². The lowest BCUT2D eigenvalue weighted by Crippen LogP contribution is -2.49. The summed E-state index contributed by atoms with van der Waals surface area (Å²) in [6, 6.07) is 11.8. The van der Waals surface area contributed by atoms with Crippen LogP contribution in [0, 0.1) is 51.1 Å². The summed E-state index contributed by atoms with van der Waals surface area (Å²) in [4.78, 5) is 13.7. The number of amides is 1. The molecule has 0 saturated heterocycles. The summed E-state index contributed by atoms with van der Waals surface area (Å²) in [5.74, 6) is -2.04. The van der Waals surface area contributed by atoms with Gasteiger partial charge in [-0.2, -0.15) is 15.8 Å². The Morgan fingerprint density at radius 1 is 1.34 bits per heavy atom. The zero-order valence-electron chi connectivity index (χ0n) is 15.7. The van der Waals surface area contributed by atoms with E-state index in [2.05, 4.69) is 0 Å². The van der Waals surface area contributed by atoms with E-state index in [0.717, 1.165) is 0 Å². The molecule has 3 rings (SSSR count). The van der Waals surface area contributed by atoms with Crippen molar-refractivity contribution in [2.24, 2.45) is 17.1 Å². The molecular formula is C21H18FN5O2. The third-order valence-electron chi connectivity index (χ3n) is 5.41. The van der Waals surface area contributed by atoms with Gasteiger partial charge in [-0.15, -0.1) is 0 Å². The number of nitriles is 3. The molecule has 0 radical (unpaired) electrons. The maximum absolute atomic E-state index is 14.7. The van der Waals surface area contributed by atoms with Crippen molar-refractivity contribution < 1.29 is 13.9 Å². The predicted molar refractivity (Wildman–Crippen MR) is 99.8 cm³/mol. The molecule has 1 aliphatic carbocycles. The Morgan fingerprint density at radius 2 is 2.03 bits per heavy atom. The van der Waals surface area contributed by atoms with Crippen LogP contribution in [-0.4, -0.2) is 30.7 Å². The molecule has 0 spiro atoms. The van der Waals surface area contributed by atoms with Gasteiger partial charge in [0.1, 0.15) is 5.82 Å². The van der Waals surface area contributed by atoms with Crippen LogP contribution in [0.3, 0.4) is 0 Å². The lowest BCUT2D eigenvalue weighted by molar-refractivity contribution is 0.101. The number of carbonyl (C=O) groups is 1. The Kier molecular flexibility index (Phi) is 5.26. The number of fused-ring (bicyclic) bond motifs is 1. The number of halogens is 1. The Hall–Kier alpha value is -3.83. The summed E-state index contributed by atoms with van der Waals surface area (Å²) in [5, 5.41) is 29.4. The Labute approximate surface area is 167 Å². The van der Waals surface area contributed by atoms with E-state index in [0.29, 0.717) is 5.57 Å². The van der Waals surface area contributed by atoms with Gasteiger partial charge in [0.25, 0.3) is 0 Å². The van der Waals surface area contributed by atoms with Gasteiger partial charge in [0.05, 0.1) is 36.1 Å². The van der Waals surface area contributed by atoms with Gasteiger partial charge in [0.2, 0.25) is 5.41 Å². The number of allylic oxidation sites excluding steroid dienone is 2. The molecule has 1 aromatic carbocycles. The minimum Gasteiger partial charge on any atom is -0.450 e. The topological polar surface area (TPSA) is 127 Å². The Balaban J connectivity index is 2.25. The van der Waals surface area contributed by atoms with Gasteiger partial charge in [-0.25, -0.2) is 9.18 Å². The highest BCUT2D eigenvalue weighted by atomic mass is 19.1. The first-order valence-electron chi connectivity index (χ1n) is 9.04. The van der Waals surface area contributed by atoms with Gasteiger partial charge in [0.15, 0.2) is 0 Å². The molecule has 1 aliphatic heterocycles. The zero-order chi connectivity index (χ0) is 21.2. The molecule has 2 N–H and O–H groups in total. The normalized spacial score (nSPS) is 22.4. The fourth-order valence-corrected chi connectivity index (χ4v) is 4.08. The Bertz CT molecular complexity index is 1030. The molecule has 0 saturated carbocycles.